The van der Waals surface area contributed by atoms with E-state index in [1.165, 1.54) is 0 Å². The first-order valence-electron chi connectivity index (χ1n) is 8.76. The standard InChI is InChI=1S/C17H23N5O2/c23-16(11-5-1-2-6-18-11)19-14-9-12-13(21-17(24)20-12)10-15(14)22-7-3-4-8-22/h9-11,18H,1-8H2,(H,19,23)(H2,20,21,24)/t11-/m1/s1. The Balaban J connectivity index is 1.67. The van der Waals surface area contributed by atoms with Crippen LogP contribution in [0.5, 0.6) is 0 Å². The van der Waals surface area contributed by atoms with Gasteiger partial charge in [-0.25, -0.2) is 4.79 Å². The summed E-state index contributed by atoms with van der Waals surface area (Å²) in [5.74, 6) is 0.00683. The van der Waals surface area contributed by atoms with Gasteiger partial charge in [0.05, 0.1) is 28.5 Å². The second-order valence-electron chi connectivity index (χ2n) is 6.68. The van der Waals surface area contributed by atoms with Crippen LogP contribution in [0.3, 0.4) is 0 Å². The molecule has 1 amide bonds. The van der Waals surface area contributed by atoms with E-state index >= 15 is 0 Å². The number of hydrogen-bond donors (Lipinski definition) is 4. The van der Waals surface area contributed by atoms with Crippen molar-refractivity contribution in [2.24, 2.45) is 0 Å². The van der Waals surface area contributed by atoms with Gasteiger partial charge < -0.3 is 25.5 Å². The van der Waals surface area contributed by atoms with Crippen LogP contribution < -0.4 is 21.2 Å². The number of nitrogens with one attached hydrogen (secondary N) is 4. The molecule has 128 valence electrons. The Morgan fingerprint density at radius 2 is 1.83 bits per heavy atom. The second-order valence-corrected chi connectivity index (χ2v) is 6.68. The number of amides is 1. The van der Waals surface area contributed by atoms with Crippen molar-refractivity contribution in [1.29, 1.82) is 0 Å². The molecule has 7 heteroatoms. The van der Waals surface area contributed by atoms with Crippen LogP contribution in [-0.2, 0) is 4.79 Å². The Labute approximate surface area is 139 Å². The van der Waals surface area contributed by atoms with Gasteiger partial charge in [0.1, 0.15) is 0 Å². The summed E-state index contributed by atoms with van der Waals surface area (Å²) < 4.78 is 0. The van der Waals surface area contributed by atoms with Gasteiger partial charge in [-0.3, -0.25) is 4.79 Å². The minimum Gasteiger partial charge on any atom is -0.370 e. The van der Waals surface area contributed by atoms with E-state index in [-0.39, 0.29) is 17.6 Å². The van der Waals surface area contributed by atoms with Gasteiger partial charge in [0.25, 0.3) is 0 Å². The summed E-state index contributed by atoms with van der Waals surface area (Å²) in [6.07, 6.45) is 5.38. The maximum atomic E-state index is 12.6. The predicted molar refractivity (Wildman–Crippen MR) is 94.6 cm³/mol. The summed E-state index contributed by atoms with van der Waals surface area (Å²) in [6, 6.07) is 3.69. The van der Waals surface area contributed by atoms with Gasteiger partial charge >= 0.3 is 5.69 Å². The molecule has 2 aliphatic heterocycles. The molecule has 0 aliphatic carbocycles. The molecule has 0 unspecified atom stereocenters. The number of rotatable bonds is 3. The molecule has 2 fully saturated rings. The van der Waals surface area contributed by atoms with E-state index in [0.717, 1.165) is 74.1 Å². The number of hydrogen-bond acceptors (Lipinski definition) is 4. The van der Waals surface area contributed by atoms with E-state index in [9.17, 15) is 9.59 Å². The average Bonchev–Trinajstić information content (AvgIpc) is 3.23. The van der Waals surface area contributed by atoms with Gasteiger partial charge in [-0.05, 0) is 44.4 Å². The van der Waals surface area contributed by atoms with E-state index in [0.29, 0.717) is 0 Å². The number of H-pyrrole nitrogens is 2. The number of imidazole rings is 1. The highest BCUT2D eigenvalue weighted by atomic mass is 16.2. The van der Waals surface area contributed by atoms with Crippen LogP contribution >= 0.6 is 0 Å². The van der Waals surface area contributed by atoms with Crippen LogP contribution in [0.2, 0.25) is 0 Å². The Hall–Kier alpha value is -2.28. The van der Waals surface area contributed by atoms with Crippen LogP contribution in [0.15, 0.2) is 16.9 Å². The number of fused-ring (bicyclic) bond motifs is 1. The lowest BCUT2D eigenvalue weighted by molar-refractivity contribution is -0.118. The first kappa shape index (κ1) is 15.3. The normalized spacial score (nSPS) is 21.3. The first-order chi connectivity index (χ1) is 11.7. The van der Waals surface area contributed by atoms with E-state index in [1.54, 1.807) is 0 Å². The van der Waals surface area contributed by atoms with Gasteiger partial charge in [0, 0.05) is 13.1 Å². The van der Waals surface area contributed by atoms with Crippen molar-refractivity contribution >= 4 is 28.3 Å². The molecule has 2 aliphatic rings. The van der Waals surface area contributed by atoms with Crippen molar-refractivity contribution in [3.05, 3.63) is 22.6 Å². The fraction of sp³-hybridized carbons (Fsp3) is 0.529. The third kappa shape index (κ3) is 2.91. The van der Waals surface area contributed by atoms with Crippen molar-refractivity contribution in [3.8, 4) is 0 Å². The van der Waals surface area contributed by atoms with Gasteiger partial charge in [0.15, 0.2) is 0 Å². The van der Waals surface area contributed by atoms with Crippen LogP contribution in [0.1, 0.15) is 32.1 Å². The molecule has 0 spiro atoms. The zero-order chi connectivity index (χ0) is 16.5. The highest BCUT2D eigenvalue weighted by molar-refractivity contribution is 6.00. The lowest BCUT2D eigenvalue weighted by Gasteiger charge is -2.25. The minimum atomic E-state index is -0.227. The van der Waals surface area contributed by atoms with E-state index < -0.39 is 0 Å². The Morgan fingerprint density at radius 1 is 1.08 bits per heavy atom. The molecule has 2 saturated heterocycles. The number of carbonyl (C=O) groups is 1. The Bertz CT molecular complexity index is 797. The summed E-state index contributed by atoms with van der Waals surface area (Å²) in [5, 5.41) is 6.36. The predicted octanol–water partition coefficient (Wildman–Crippen LogP) is 1.54. The third-order valence-corrected chi connectivity index (χ3v) is 4.96. The molecule has 4 rings (SSSR count). The number of carbonyl (C=O) groups excluding carboxylic acids is 1. The summed E-state index contributed by atoms with van der Waals surface area (Å²) in [7, 11) is 0. The molecule has 3 heterocycles. The Morgan fingerprint density at radius 3 is 2.54 bits per heavy atom. The highest BCUT2D eigenvalue weighted by Gasteiger charge is 2.23. The molecule has 0 radical (unpaired) electrons. The molecule has 2 aromatic rings. The third-order valence-electron chi connectivity index (χ3n) is 4.96. The molecule has 1 atom stereocenters. The van der Waals surface area contributed by atoms with Crippen LogP contribution in [0.25, 0.3) is 11.0 Å². The van der Waals surface area contributed by atoms with Crippen molar-refractivity contribution in [2.45, 2.75) is 38.1 Å². The van der Waals surface area contributed by atoms with Crippen LogP contribution in [0, 0.1) is 0 Å². The van der Waals surface area contributed by atoms with Crippen molar-refractivity contribution < 1.29 is 4.79 Å². The molecular formula is C17H23N5O2. The highest BCUT2D eigenvalue weighted by Crippen LogP contribution is 2.32. The molecule has 4 N–H and O–H groups in total. The summed E-state index contributed by atoms with van der Waals surface area (Å²) in [4.78, 5) is 32.0. The van der Waals surface area contributed by atoms with Crippen molar-refractivity contribution in [1.82, 2.24) is 15.3 Å². The smallest absolute Gasteiger partial charge is 0.323 e. The topological polar surface area (TPSA) is 93.0 Å². The summed E-state index contributed by atoms with van der Waals surface area (Å²) >= 11 is 0. The fourth-order valence-corrected chi connectivity index (χ4v) is 3.69. The molecule has 0 saturated carbocycles. The summed E-state index contributed by atoms with van der Waals surface area (Å²) in [6.45, 7) is 2.84. The molecule has 7 nitrogen and oxygen atoms in total. The lowest BCUT2D eigenvalue weighted by atomic mass is 10.0. The van der Waals surface area contributed by atoms with Crippen molar-refractivity contribution in [3.63, 3.8) is 0 Å². The van der Waals surface area contributed by atoms with Crippen molar-refractivity contribution in [2.75, 3.05) is 29.9 Å². The average molecular weight is 329 g/mol. The number of anilines is 2. The van der Waals surface area contributed by atoms with E-state index in [1.807, 2.05) is 12.1 Å². The summed E-state index contributed by atoms with van der Waals surface area (Å²) in [5.41, 5.74) is 3.02. The van der Waals surface area contributed by atoms with Crippen LogP contribution in [0.4, 0.5) is 11.4 Å². The number of aromatic nitrogens is 2. The maximum Gasteiger partial charge on any atom is 0.323 e. The molecule has 0 bridgehead atoms. The van der Waals surface area contributed by atoms with E-state index in [4.69, 9.17) is 0 Å². The largest absolute Gasteiger partial charge is 0.370 e. The van der Waals surface area contributed by atoms with Crippen LogP contribution in [-0.4, -0.2) is 41.6 Å². The number of nitrogens with zero attached hydrogens (tertiary/aromatic N) is 1. The minimum absolute atomic E-state index is 0.00683. The SMILES string of the molecule is O=C(Nc1cc2[nH]c(=O)[nH]c2cc1N1CCCC1)[C@H]1CCCCN1. The van der Waals surface area contributed by atoms with Gasteiger partial charge in [0.2, 0.25) is 5.91 Å². The van der Waals surface area contributed by atoms with Gasteiger partial charge in [-0.15, -0.1) is 0 Å². The first-order valence-corrected chi connectivity index (χ1v) is 8.76. The lowest BCUT2D eigenvalue weighted by Crippen LogP contribution is -2.43. The monoisotopic (exact) mass is 329 g/mol. The van der Waals surface area contributed by atoms with Gasteiger partial charge in [-0.2, -0.15) is 0 Å². The fourth-order valence-electron chi connectivity index (χ4n) is 3.69. The Kier molecular flexibility index (Phi) is 4.02. The molecule has 24 heavy (non-hydrogen) atoms. The second kappa shape index (κ2) is 6.32. The molecule has 1 aromatic carbocycles. The zero-order valence-electron chi connectivity index (χ0n) is 13.7. The maximum absolute atomic E-state index is 12.6. The zero-order valence-corrected chi connectivity index (χ0v) is 13.7. The van der Waals surface area contributed by atoms with E-state index in [2.05, 4.69) is 25.5 Å². The quantitative estimate of drug-likeness (QED) is 0.687. The molecular weight excluding hydrogens is 306 g/mol. The molecule has 1 aromatic heterocycles. The number of benzene rings is 1. The number of aromatic amines is 2. The number of piperidine rings is 1. The van der Waals surface area contributed by atoms with Gasteiger partial charge in [-0.1, -0.05) is 6.42 Å².